The Morgan fingerprint density at radius 3 is 2.60 bits per heavy atom. The number of hydrogen-bond donors (Lipinski definition) is 0. The molecule has 2 aromatic carbocycles. The molecule has 0 aromatic heterocycles. The summed E-state index contributed by atoms with van der Waals surface area (Å²) in [6.07, 6.45) is 0.934. The van der Waals surface area contributed by atoms with Gasteiger partial charge < -0.3 is 9.47 Å². The molecule has 0 saturated carbocycles. The third-order valence-electron chi connectivity index (χ3n) is 2.54. The smallest absolute Gasteiger partial charge is 0.169 e. The summed E-state index contributed by atoms with van der Waals surface area (Å²) in [5, 5.41) is 8.97. The molecule has 102 valence electrons. The SMILES string of the molecule is CCCOc1ccccc1Oc1cc(Br)cc(C#N)c1. The van der Waals surface area contributed by atoms with Gasteiger partial charge >= 0.3 is 0 Å². The highest BCUT2D eigenvalue weighted by molar-refractivity contribution is 9.10. The highest BCUT2D eigenvalue weighted by Gasteiger charge is 2.07. The lowest BCUT2D eigenvalue weighted by molar-refractivity contribution is 0.302. The van der Waals surface area contributed by atoms with Crippen molar-refractivity contribution in [3.8, 4) is 23.3 Å². The van der Waals surface area contributed by atoms with Gasteiger partial charge in [-0.2, -0.15) is 5.26 Å². The summed E-state index contributed by atoms with van der Waals surface area (Å²) in [7, 11) is 0. The van der Waals surface area contributed by atoms with Gasteiger partial charge in [-0.25, -0.2) is 0 Å². The van der Waals surface area contributed by atoms with Gasteiger partial charge in [0, 0.05) is 4.47 Å². The van der Waals surface area contributed by atoms with E-state index in [2.05, 4.69) is 28.9 Å². The first-order chi connectivity index (χ1) is 9.72. The van der Waals surface area contributed by atoms with Crippen LogP contribution in [0.15, 0.2) is 46.9 Å². The van der Waals surface area contributed by atoms with Crippen molar-refractivity contribution in [1.29, 1.82) is 5.26 Å². The van der Waals surface area contributed by atoms with Gasteiger partial charge in [-0.05, 0) is 36.8 Å². The number of rotatable bonds is 5. The molecule has 2 rings (SSSR count). The zero-order chi connectivity index (χ0) is 14.4. The van der Waals surface area contributed by atoms with E-state index in [1.807, 2.05) is 30.3 Å². The fraction of sp³-hybridized carbons (Fsp3) is 0.188. The van der Waals surface area contributed by atoms with E-state index >= 15 is 0 Å². The van der Waals surface area contributed by atoms with E-state index in [1.54, 1.807) is 12.1 Å². The average molecular weight is 332 g/mol. The predicted octanol–water partition coefficient (Wildman–Crippen LogP) is 4.90. The van der Waals surface area contributed by atoms with Crippen LogP contribution in [-0.4, -0.2) is 6.61 Å². The topological polar surface area (TPSA) is 42.2 Å². The first-order valence-electron chi connectivity index (χ1n) is 6.33. The molecule has 0 bridgehead atoms. The lowest BCUT2D eigenvalue weighted by Gasteiger charge is -2.12. The minimum absolute atomic E-state index is 0.543. The van der Waals surface area contributed by atoms with Crippen molar-refractivity contribution in [3.05, 3.63) is 52.5 Å². The molecule has 0 fully saturated rings. The van der Waals surface area contributed by atoms with Crippen molar-refractivity contribution in [1.82, 2.24) is 0 Å². The van der Waals surface area contributed by atoms with Gasteiger partial charge in [0.05, 0.1) is 18.2 Å². The Morgan fingerprint density at radius 2 is 1.90 bits per heavy atom. The van der Waals surface area contributed by atoms with Gasteiger partial charge in [0.25, 0.3) is 0 Å². The maximum absolute atomic E-state index is 8.97. The molecule has 0 heterocycles. The van der Waals surface area contributed by atoms with Crippen LogP contribution in [0.4, 0.5) is 0 Å². The highest BCUT2D eigenvalue weighted by Crippen LogP contribution is 2.33. The molecule has 0 saturated heterocycles. The summed E-state index contributed by atoms with van der Waals surface area (Å²) in [4.78, 5) is 0. The van der Waals surface area contributed by atoms with Crippen LogP contribution >= 0.6 is 15.9 Å². The van der Waals surface area contributed by atoms with Gasteiger partial charge in [-0.3, -0.25) is 0 Å². The summed E-state index contributed by atoms with van der Waals surface area (Å²) in [6, 6.07) is 14.9. The molecule has 2 aromatic rings. The number of hydrogen-bond acceptors (Lipinski definition) is 3. The van der Waals surface area contributed by atoms with Crippen LogP contribution in [0.1, 0.15) is 18.9 Å². The molecule has 0 aliphatic rings. The second-order valence-electron chi connectivity index (χ2n) is 4.18. The van der Waals surface area contributed by atoms with Crippen LogP contribution in [0.5, 0.6) is 17.2 Å². The summed E-state index contributed by atoms with van der Waals surface area (Å²) >= 11 is 3.37. The number of halogens is 1. The standard InChI is InChI=1S/C16H14BrNO2/c1-2-7-19-15-5-3-4-6-16(15)20-14-9-12(11-18)8-13(17)10-14/h3-6,8-10H,2,7H2,1H3. The zero-order valence-electron chi connectivity index (χ0n) is 11.1. The van der Waals surface area contributed by atoms with E-state index in [9.17, 15) is 0 Å². The van der Waals surface area contributed by atoms with E-state index in [0.717, 1.165) is 10.9 Å². The maximum atomic E-state index is 8.97. The van der Waals surface area contributed by atoms with E-state index < -0.39 is 0 Å². The third-order valence-corrected chi connectivity index (χ3v) is 3.00. The van der Waals surface area contributed by atoms with Crippen LogP contribution in [0.25, 0.3) is 0 Å². The van der Waals surface area contributed by atoms with Gasteiger partial charge in [0.1, 0.15) is 5.75 Å². The van der Waals surface area contributed by atoms with Crippen LogP contribution in [0.2, 0.25) is 0 Å². The van der Waals surface area contributed by atoms with Crippen LogP contribution in [0, 0.1) is 11.3 Å². The van der Waals surface area contributed by atoms with E-state index in [4.69, 9.17) is 14.7 Å². The van der Waals surface area contributed by atoms with Gasteiger partial charge in [-0.15, -0.1) is 0 Å². The van der Waals surface area contributed by atoms with Crippen molar-refractivity contribution in [2.24, 2.45) is 0 Å². The van der Waals surface area contributed by atoms with Crippen molar-refractivity contribution >= 4 is 15.9 Å². The molecular weight excluding hydrogens is 318 g/mol. The van der Waals surface area contributed by atoms with Gasteiger partial charge in [-0.1, -0.05) is 35.0 Å². The molecule has 20 heavy (non-hydrogen) atoms. The van der Waals surface area contributed by atoms with Crippen molar-refractivity contribution in [3.63, 3.8) is 0 Å². The Balaban J connectivity index is 2.26. The minimum Gasteiger partial charge on any atom is -0.490 e. The van der Waals surface area contributed by atoms with Crippen LogP contribution < -0.4 is 9.47 Å². The second-order valence-corrected chi connectivity index (χ2v) is 5.10. The normalized spacial score (nSPS) is 9.85. The van der Waals surface area contributed by atoms with Crippen molar-refractivity contribution < 1.29 is 9.47 Å². The lowest BCUT2D eigenvalue weighted by atomic mass is 10.2. The van der Waals surface area contributed by atoms with Gasteiger partial charge in [0.2, 0.25) is 0 Å². The van der Waals surface area contributed by atoms with E-state index in [1.165, 1.54) is 0 Å². The number of benzene rings is 2. The fourth-order valence-electron chi connectivity index (χ4n) is 1.68. The largest absolute Gasteiger partial charge is 0.490 e. The molecule has 0 unspecified atom stereocenters. The second kappa shape index (κ2) is 6.97. The number of para-hydroxylation sites is 2. The molecule has 0 N–H and O–H groups in total. The van der Waals surface area contributed by atoms with Crippen LogP contribution in [0.3, 0.4) is 0 Å². The summed E-state index contributed by atoms with van der Waals surface area (Å²) in [5.74, 6) is 1.94. The monoisotopic (exact) mass is 331 g/mol. The quantitative estimate of drug-likeness (QED) is 0.782. The predicted molar refractivity (Wildman–Crippen MR) is 81.2 cm³/mol. The van der Waals surface area contributed by atoms with Crippen LogP contribution in [-0.2, 0) is 0 Å². The Hall–Kier alpha value is -1.99. The maximum Gasteiger partial charge on any atom is 0.169 e. The number of ether oxygens (including phenoxy) is 2. The third kappa shape index (κ3) is 3.75. The molecule has 0 aliphatic heterocycles. The zero-order valence-corrected chi connectivity index (χ0v) is 12.7. The fourth-order valence-corrected chi connectivity index (χ4v) is 2.15. The summed E-state index contributed by atoms with van der Waals surface area (Å²) < 4.78 is 12.3. The molecule has 3 nitrogen and oxygen atoms in total. The number of nitriles is 1. The van der Waals surface area contributed by atoms with Crippen molar-refractivity contribution in [2.45, 2.75) is 13.3 Å². The molecule has 0 amide bonds. The Morgan fingerprint density at radius 1 is 1.15 bits per heavy atom. The van der Waals surface area contributed by atoms with Crippen molar-refractivity contribution in [2.75, 3.05) is 6.61 Å². The van der Waals surface area contributed by atoms with Gasteiger partial charge in [0.15, 0.2) is 11.5 Å². The molecule has 0 spiro atoms. The molecular formula is C16H14BrNO2. The average Bonchev–Trinajstić information content (AvgIpc) is 2.45. The molecule has 0 radical (unpaired) electrons. The highest BCUT2D eigenvalue weighted by atomic mass is 79.9. The Kier molecular flexibility index (Phi) is 5.03. The summed E-state index contributed by atoms with van der Waals surface area (Å²) in [5.41, 5.74) is 0.543. The number of nitrogens with zero attached hydrogens (tertiary/aromatic N) is 1. The first kappa shape index (κ1) is 14.4. The lowest BCUT2D eigenvalue weighted by Crippen LogP contribution is -1.97. The first-order valence-corrected chi connectivity index (χ1v) is 7.12. The molecule has 0 aliphatic carbocycles. The minimum atomic E-state index is 0.543. The Labute approximate surface area is 126 Å². The molecule has 0 atom stereocenters. The summed E-state index contributed by atoms with van der Waals surface area (Å²) in [6.45, 7) is 2.69. The molecule has 4 heteroatoms. The van der Waals surface area contributed by atoms with E-state index in [0.29, 0.717) is 29.4 Å². The Bertz CT molecular complexity index is 635. The van der Waals surface area contributed by atoms with E-state index in [-0.39, 0.29) is 0 Å².